The number of nitrogens with one attached hydrogen (secondary N) is 1. The van der Waals surface area contributed by atoms with Gasteiger partial charge in [0.1, 0.15) is 0 Å². The third-order valence-corrected chi connectivity index (χ3v) is 4.11. The van der Waals surface area contributed by atoms with E-state index >= 15 is 0 Å². The summed E-state index contributed by atoms with van der Waals surface area (Å²) in [6.45, 7) is 6.38. The van der Waals surface area contributed by atoms with Crippen LogP contribution in [0.4, 0.5) is 0 Å². The Balaban J connectivity index is 2.08. The molecule has 1 atom stereocenters. The summed E-state index contributed by atoms with van der Waals surface area (Å²) < 4.78 is 9.82. The molecule has 0 fully saturated rings. The van der Waals surface area contributed by atoms with Crippen LogP contribution in [0.25, 0.3) is 0 Å². The molecule has 1 unspecified atom stereocenters. The third kappa shape index (κ3) is 4.70. The van der Waals surface area contributed by atoms with Gasteiger partial charge < -0.3 is 14.5 Å². The van der Waals surface area contributed by atoms with Crippen molar-refractivity contribution in [3.63, 3.8) is 0 Å². The Morgan fingerprint density at radius 1 is 1.08 bits per heavy atom. The molecule has 1 amide bonds. The second-order valence-corrected chi connectivity index (χ2v) is 5.51. The van der Waals surface area contributed by atoms with Crippen molar-refractivity contribution in [2.45, 2.75) is 19.9 Å². The van der Waals surface area contributed by atoms with Crippen LogP contribution in [-0.2, 0) is 4.74 Å². The van der Waals surface area contributed by atoms with E-state index < -0.39 is 5.97 Å². The number of esters is 1. The molecule has 1 aromatic heterocycles. The molecular weight excluding hydrogens is 320 g/mol. The molecule has 2 aromatic rings. The Labute approximate surface area is 147 Å². The van der Waals surface area contributed by atoms with Crippen molar-refractivity contribution in [2.24, 2.45) is 0 Å². The summed E-state index contributed by atoms with van der Waals surface area (Å²) in [6.07, 6.45) is 0. The number of furan rings is 1. The maximum Gasteiger partial charge on any atom is 0.373 e. The van der Waals surface area contributed by atoms with Gasteiger partial charge in [-0.3, -0.25) is 9.69 Å². The first kappa shape index (κ1) is 18.7. The van der Waals surface area contributed by atoms with Gasteiger partial charge in [-0.05, 0) is 30.8 Å². The van der Waals surface area contributed by atoms with Gasteiger partial charge in [0, 0.05) is 6.54 Å². The number of carbonyl (C=O) groups excluding carboxylic acids is 2. The highest BCUT2D eigenvalue weighted by atomic mass is 16.5. The fourth-order valence-corrected chi connectivity index (χ4v) is 2.74. The number of likely N-dealkylation sites (N-methyl/N-ethyl adjacent to an activating group) is 1. The lowest BCUT2D eigenvalue weighted by atomic mass is 10.1. The monoisotopic (exact) mass is 344 g/mol. The molecule has 0 aliphatic heterocycles. The first-order valence-corrected chi connectivity index (χ1v) is 8.36. The lowest BCUT2D eigenvalue weighted by molar-refractivity contribution is 0.0562. The van der Waals surface area contributed by atoms with Gasteiger partial charge in [-0.25, -0.2) is 4.79 Å². The Hall–Kier alpha value is -2.60. The first-order valence-electron chi connectivity index (χ1n) is 8.36. The van der Waals surface area contributed by atoms with Crippen molar-refractivity contribution in [1.29, 1.82) is 0 Å². The quantitative estimate of drug-likeness (QED) is 0.746. The zero-order valence-electron chi connectivity index (χ0n) is 14.8. The van der Waals surface area contributed by atoms with Crippen molar-refractivity contribution in [2.75, 3.05) is 26.7 Å². The van der Waals surface area contributed by atoms with Gasteiger partial charge in [-0.1, -0.05) is 44.2 Å². The highest BCUT2D eigenvalue weighted by molar-refractivity contribution is 5.93. The number of carbonyl (C=O) groups is 2. The maximum atomic E-state index is 12.3. The Morgan fingerprint density at radius 2 is 1.72 bits per heavy atom. The zero-order valence-corrected chi connectivity index (χ0v) is 14.8. The predicted molar refractivity (Wildman–Crippen MR) is 94.5 cm³/mol. The number of nitrogens with zero attached hydrogens (tertiary/aromatic N) is 1. The number of hydrogen-bond acceptors (Lipinski definition) is 5. The molecular formula is C19H24N2O4. The molecule has 0 saturated carbocycles. The highest BCUT2D eigenvalue weighted by Gasteiger charge is 2.21. The minimum absolute atomic E-state index is 0.0102. The average molecular weight is 344 g/mol. The topological polar surface area (TPSA) is 71.8 Å². The molecule has 6 nitrogen and oxygen atoms in total. The molecule has 0 radical (unpaired) electrons. The van der Waals surface area contributed by atoms with E-state index in [1.807, 2.05) is 18.2 Å². The molecule has 0 spiro atoms. The van der Waals surface area contributed by atoms with Crippen molar-refractivity contribution < 1.29 is 18.7 Å². The van der Waals surface area contributed by atoms with Gasteiger partial charge >= 0.3 is 5.97 Å². The maximum absolute atomic E-state index is 12.3. The van der Waals surface area contributed by atoms with Crippen LogP contribution in [0.2, 0.25) is 0 Å². The molecule has 0 aliphatic rings. The largest absolute Gasteiger partial charge is 0.463 e. The lowest BCUT2D eigenvalue weighted by Crippen LogP contribution is -2.38. The summed E-state index contributed by atoms with van der Waals surface area (Å²) >= 11 is 0. The first-order chi connectivity index (χ1) is 12.1. The van der Waals surface area contributed by atoms with Crippen LogP contribution in [0.5, 0.6) is 0 Å². The van der Waals surface area contributed by atoms with E-state index in [0.29, 0.717) is 6.54 Å². The van der Waals surface area contributed by atoms with Crippen LogP contribution in [-0.4, -0.2) is 43.5 Å². The number of methoxy groups -OCH3 is 1. The van der Waals surface area contributed by atoms with Crippen LogP contribution in [0.3, 0.4) is 0 Å². The highest BCUT2D eigenvalue weighted by Crippen LogP contribution is 2.19. The van der Waals surface area contributed by atoms with Crippen molar-refractivity contribution in [1.82, 2.24) is 10.2 Å². The third-order valence-electron chi connectivity index (χ3n) is 4.11. The Kier molecular flexibility index (Phi) is 6.77. The molecule has 134 valence electrons. The standard InChI is InChI=1S/C19H24N2O4/c1-4-21(5-2)15(14-9-7-6-8-10-14)13-20-18(22)16-11-12-17(25-16)19(23)24-3/h6-12,15H,4-5,13H2,1-3H3,(H,20,22). The Morgan fingerprint density at radius 3 is 2.32 bits per heavy atom. The van der Waals surface area contributed by atoms with Crippen LogP contribution in [0, 0.1) is 0 Å². The number of amides is 1. The van der Waals surface area contributed by atoms with Gasteiger partial charge in [-0.15, -0.1) is 0 Å². The van der Waals surface area contributed by atoms with E-state index in [2.05, 4.69) is 40.9 Å². The fraction of sp³-hybridized carbons (Fsp3) is 0.368. The van der Waals surface area contributed by atoms with Crippen molar-refractivity contribution in [3.8, 4) is 0 Å². The molecule has 2 rings (SSSR count). The number of rotatable bonds is 8. The van der Waals surface area contributed by atoms with E-state index in [-0.39, 0.29) is 23.5 Å². The molecule has 1 aromatic carbocycles. The molecule has 25 heavy (non-hydrogen) atoms. The second-order valence-electron chi connectivity index (χ2n) is 5.51. The van der Waals surface area contributed by atoms with Crippen LogP contribution >= 0.6 is 0 Å². The summed E-state index contributed by atoms with van der Waals surface area (Å²) in [7, 11) is 1.26. The van der Waals surface area contributed by atoms with E-state index in [9.17, 15) is 9.59 Å². The summed E-state index contributed by atoms with van der Waals surface area (Å²) in [5.74, 6) is -0.865. The minimum atomic E-state index is -0.607. The van der Waals surface area contributed by atoms with Gasteiger partial charge in [0.05, 0.1) is 13.2 Å². The second kappa shape index (κ2) is 9.03. The van der Waals surface area contributed by atoms with Gasteiger partial charge in [0.2, 0.25) is 5.76 Å². The molecule has 1 N–H and O–H groups in total. The van der Waals surface area contributed by atoms with E-state index in [4.69, 9.17) is 4.42 Å². The summed E-state index contributed by atoms with van der Waals surface area (Å²) in [6, 6.07) is 13.0. The average Bonchev–Trinajstić information content (AvgIpc) is 3.15. The van der Waals surface area contributed by atoms with Crippen LogP contribution in [0.1, 0.15) is 46.6 Å². The van der Waals surface area contributed by atoms with Gasteiger partial charge in [-0.2, -0.15) is 0 Å². The molecule has 1 heterocycles. The van der Waals surface area contributed by atoms with E-state index in [0.717, 1.165) is 18.7 Å². The van der Waals surface area contributed by atoms with E-state index in [1.54, 1.807) is 0 Å². The summed E-state index contributed by atoms with van der Waals surface area (Å²) in [4.78, 5) is 26.0. The summed E-state index contributed by atoms with van der Waals surface area (Å²) in [5, 5.41) is 2.89. The van der Waals surface area contributed by atoms with Crippen LogP contribution < -0.4 is 5.32 Å². The predicted octanol–water partition coefficient (Wildman–Crippen LogP) is 2.88. The molecule has 0 saturated heterocycles. The lowest BCUT2D eigenvalue weighted by Gasteiger charge is -2.30. The summed E-state index contributed by atoms with van der Waals surface area (Å²) in [5.41, 5.74) is 1.14. The van der Waals surface area contributed by atoms with Crippen molar-refractivity contribution >= 4 is 11.9 Å². The van der Waals surface area contributed by atoms with Gasteiger partial charge in [0.15, 0.2) is 5.76 Å². The smallest absolute Gasteiger partial charge is 0.373 e. The van der Waals surface area contributed by atoms with Gasteiger partial charge in [0.25, 0.3) is 5.91 Å². The van der Waals surface area contributed by atoms with E-state index in [1.165, 1.54) is 19.2 Å². The number of benzene rings is 1. The fourth-order valence-electron chi connectivity index (χ4n) is 2.74. The Bertz CT molecular complexity index is 692. The normalized spacial score (nSPS) is 12.0. The molecule has 6 heteroatoms. The number of hydrogen-bond donors (Lipinski definition) is 1. The zero-order chi connectivity index (χ0) is 18.2. The molecule has 0 bridgehead atoms. The molecule has 0 aliphatic carbocycles. The number of ether oxygens (including phenoxy) is 1. The van der Waals surface area contributed by atoms with Crippen molar-refractivity contribution in [3.05, 3.63) is 59.5 Å². The minimum Gasteiger partial charge on any atom is -0.463 e. The van der Waals surface area contributed by atoms with Crippen LogP contribution in [0.15, 0.2) is 46.9 Å². The SMILES string of the molecule is CCN(CC)C(CNC(=O)c1ccc(C(=O)OC)o1)c1ccccc1.